The lowest BCUT2D eigenvalue weighted by Gasteiger charge is -1.99. The highest BCUT2D eigenvalue weighted by atomic mass is 14.8. The van der Waals surface area contributed by atoms with Gasteiger partial charge in [0, 0.05) is 6.54 Å². The van der Waals surface area contributed by atoms with Gasteiger partial charge in [-0.05, 0) is 31.1 Å². The largest absolute Gasteiger partial charge is 0.326 e. The summed E-state index contributed by atoms with van der Waals surface area (Å²) in [5.74, 6) is 0. The molecule has 0 aliphatic heterocycles. The van der Waals surface area contributed by atoms with Crippen molar-refractivity contribution in [2.75, 3.05) is 20.1 Å². The maximum atomic E-state index is 5.40. The maximum absolute atomic E-state index is 5.40. The van der Waals surface area contributed by atoms with E-state index in [0.29, 0.717) is 6.54 Å². The van der Waals surface area contributed by atoms with E-state index in [1.54, 1.807) is 0 Å². The Bertz CT molecular complexity index is 252. The monoisotopic (exact) mass is 206 g/mol. The van der Waals surface area contributed by atoms with Crippen molar-refractivity contribution in [1.29, 1.82) is 0 Å². The van der Waals surface area contributed by atoms with Crippen LogP contribution in [0.15, 0.2) is 36.9 Å². The van der Waals surface area contributed by atoms with Crippen LogP contribution in [0.5, 0.6) is 0 Å². The van der Waals surface area contributed by atoms with E-state index in [0.717, 1.165) is 17.7 Å². The Morgan fingerprint density at radius 1 is 1.33 bits per heavy atom. The number of nitrogens with two attached hydrogens (primary N) is 1. The summed E-state index contributed by atoms with van der Waals surface area (Å²) in [5, 5.41) is 3.02. The maximum Gasteiger partial charge on any atom is 0.0178 e. The van der Waals surface area contributed by atoms with Gasteiger partial charge in [0.05, 0.1) is 0 Å². The molecule has 0 amide bonds. The minimum Gasteiger partial charge on any atom is -0.326 e. The summed E-state index contributed by atoms with van der Waals surface area (Å²) < 4.78 is 0. The quantitative estimate of drug-likeness (QED) is 0.793. The molecule has 1 aromatic carbocycles. The second kappa shape index (κ2) is 9.44. The summed E-state index contributed by atoms with van der Waals surface area (Å²) in [4.78, 5) is 0. The third-order valence-corrected chi connectivity index (χ3v) is 1.93. The van der Waals surface area contributed by atoms with Gasteiger partial charge in [-0.25, -0.2) is 0 Å². The third kappa shape index (κ3) is 6.89. The molecule has 1 rings (SSSR count). The van der Waals surface area contributed by atoms with Crippen molar-refractivity contribution >= 4 is 5.57 Å². The zero-order valence-electron chi connectivity index (χ0n) is 9.79. The second-order valence-electron chi connectivity index (χ2n) is 3.28. The molecule has 3 N–H and O–H groups in total. The van der Waals surface area contributed by atoms with Gasteiger partial charge in [0.2, 0.25) is 0 Å². The second-order valence-corrected chi connectivity index (χ2v) is 3.28. The molecule has 0 atom stereocenters. The lowest BCUT2D eigenvalue weighted by Crippen LogP contribution is -2.04. The summed E-state index contributed by atoms with van der Waals surface area (Å²) >= 11 is 0. The molecule has 0 spiro atoms. The Hall–Kier alpha value is -1.12. The Morgan fingerprint density at radius 2 is 1.93 bits per heavy atom. The third-order valence-electron chi connectivity index (χ3n) is 1.93. The lowest BCUT2D eigenvalue weighted by atomic mass is 10.1. The molecular weight excluding hydrogens is 184 g/mol. The van der Waals surface area contributed by atoms with Crippen LogP contribution in [0.25, 0.3) is 5.57 Å². The van der Waals surface area contributed by atoms with Crippen LogP contribution in [-0.4, -0.2) is 20.1 Å². The van der Waals surface area contributed by atoms with E-state index in [1.165, 1.54) is 6.42 Å². The van der Waals surface area contributed by atoms with E-state index in [9.17, 15) is 0 Å². The summed E-state index contributed by atoms with van der Waals surface area (Å²) in [6.45, 7) is 7.64. The number of nitrogens with one attached hydrogen (secondary N) is 1. The van der Waals surface area contributed by atoms with Crippen molar-refractivity contribution in [3.8, 4) is 0 Å². The SMILES string of the molecule is C=C(CN)c1ccccc1.CCCNC. The fraction of sp³-hybridized carbons (Fsp3) is 0.385. The van der Waals surface area contributed by atoms with Gasteiger partial charge in [0.15, 0.2) is 0 Å². The van der Waals surface area contributed by atoms with Crippen molar-refractivity contribution in [1.82, 2.24) is 5.32 Å². The van der Waals surface area contributed by atoms with Crippen molar-refractivity contribution in [3.05, 3.63) is 42.5 Å². The highest BCUT2D eigenvalue weighted by Gasteiger charge is 1.91. The molecule has 0 aromatic heterocycles. The highest BCUT2D eigenvalue weighted by molar-refractivity contribution is 5.64. The highest BCUT2D eigenvalue weighted by Crippen LogP contribution is 2.08. The zero-order chi connectivity index (χ0) is 11.5. The molecule has 0 aliphatic rings. The summed E-state index contributed by atoms with van der Waals surface area (Å²) in [5.41, 5.74) is 7.52. The Morgan fingerprint density at radius 3 is 2.27 bits per heavy atom. The molecule has 0 saturated carbocycles. The zero-order valence-corrected chi connectivity index (χ0v) is 9.79. The molecule has 2 nitrogen and oxygen atoms in total. The van der Waals surface area contributed by atoms with Crippen molar-refractivity contribution < 1.29 is 0 Å². The first-order chi connectivity index (χ1) is 7.26. The van der Waals surface area contributed by atoms with Crippen molar-refractivity contribution in [2.45, 2.75) is 13.3 Å². The van der Waals surface area contributed by atoms with Gasteiger partial charge < -0.3 is 11.1 Å². The Balaban J connectivity index is 0.000000336. The van der Waals surface area contributed by atoms with E-state index >= 15 is 0 Å². The number of benzene rings is 1. The van der Waals surface area contributed by atoms with Gasteiger partial charge in [-0.15, -0.1) is 0 Å². The molecule has 84 valence electrons. The van der Waals surface area contributed by atoms with Gasteiger partial charge >= 0.3 is 0 Å². The van der Waals surface area contributed by atoms with Crippen LogP contribution in [0.3, 0.4) is 0 Å². The molecule has 0 unspecified atom stereocenters. The predicted molar refractivity (Wildman–Crippen MR) is 68.7 cm³/mol. The van der Waals surface area contributed by atoms with Gasteiger partial charge in [0.25, 0.3) is 0 Å². The Kier molecular flexibility index (Phi) is 8.73. The van der Waals surface area contributed by atoms with E-state index in [2.05, 4.69) is 18.8 Å². The van der Waals surface area contributed by atoms with Gasteiger partial charge in [0.1, 0.15) is 0 Å². The Labute approximate surface area is 93.2 Å². The van der Waals surface area contributed by atoms with E-state index in [4.69, 9.17) is 5.73 Å². The summed E-state index contributed by atoms with van der Waals surface area (Å²) in [6.07, 6.45) is 1.23. The number of rotatable bonds is 4. The first-order valence-electron chi connectivity index (χ1n) is 5.34. The minimum atomic E-state index is 0.532. The van der Waals surface area contributed by atoms with Gasteiger partial charge in [-0.2, -0.15) is 0 Å². The predicted octanol–water partition coefficient (Wildman–Crippen LogP) is 2.27. The van der Waals surface area contributed by atoms with Gasteiger partial charge in [-0.3, -0.25) is 0 Å². The minimum absolute atomic E-state index is 0.532. The van der Waals surface area contributed by atoms with Crippen LogP contribution in [0.4, 0.5) is 0 Å². The molecule has 0 fully saturated rings. The van der Waals surface area contributed by atoms with Crippen LogP contribution in [0, 0.1) is 0 Å². The first-order valence-corrected chi connectivity index (χ1v) is 5.34. The van der Waals surface area contributed by atoms with Crippen LogP contribution in [0.2, 0.25) is 0 Å². The average molecular weight is 206 g/mol. The average Bonchev–Trinajstić information content (AvgIpc) is 2.31. The normalized spacial score (nSPS) is 9.00. The molecule has 0 aliphatic carbocycles. The molecule has 2 heteroatoms. The number of hydrogen-bond donors (Lipinski definition) is 2. The first kappa shape index (κ1) is 13.9. The molecule has 0 radical (unpaired) electrons. The fourth-order valence-corrected chi connectivity index (χ4v) is 1.04. The molecule has 0 saturated heterocycles. The van der Waals surface area contributed by atoms with E-state index < -0.39 is 0 Å². The van der Waals surface area contributed by atoms with Gasteiger partial charge in [-0.1, -0.05) is 43.8 Å². The molecule has 0 bridgehead atoms. The smallest absolute Gasteiger partial charge is 0.0178 e. The molecule has 1 aromatic rings. The standard InChI is InChI=1S/C9H11N.C4H11N/c1-8(7-10)9-5-3-2-4-6-9;1-3-4-5-2/h2-6H,1,7,10H2;5H,3-4H2,1-2H3. The van der Waals surface area contributed by atoms with E-state index in [-0.39, 0.29) is 0 Å². The molecule has 15 heavy (non-hydrogen) atoms. The summed E-state index contributed by atoms with van der Waals surface area (Å²) in [6, 6.07) is 9.96. The van der Waals surface area contributed by atoms with Crippen LogP contribution in [-0.2, 0) is 0 Å². The van der Waals surface area contributed by atoms with Crippen molar-refractivity contribution in [2.24, 2.45) is 5.73 Å². The van der Waals surface area contributed by atoms with Crippen molar-refractivity contribution in [3.63, 3.8) is 0 Å². The number of hydrogen-bond acceptors (Lipinski definition) is 2. The fourth-order valence-electron chi connectivity index (χ4n) is 1.04. The van der Waals surface area contributed by atoms with Crippen LogP contribution in [0.1, 0.15) is 18.9 Å². The van der Waals surface area contributed by atoms with E-state index in [1.807, 2.05) is 37.4 Å². The van der Waals surface area contributed by atoms with Crippen LogP contribution >= 0.6 is 0 Å². The molecule has 0 heterocycles. The van der Waals surface area contributed by atoms with Crippen LogP contribution < -0.4 is 11.1 Å². The summed E-state index contributed by atoms with van der Waals surface area (Å²) in [7, 11) is 1.96. The lowest BCUT2D eigenvalue weighted by molar-refractivity contribution is 0.772. The topological polar surface area (TPSA) is 38.0 Å². The molecular formula is C13H22N2.